The van der Waals surface area contributed by atoms with Crippen molar-refractivity contribution in [2.24, 2.45) is 0 Å². The predicted octanol–water partition coefficient (Wildman–Crippen LogP) is 3.94. The van der Waals surface area contributed by atoms with Gasteiger partial charge in [-0.3, -0.25) is 0 Å². The lowest BCUT2D eigenvalue weighted by molar-refractivity contribution is 0.173. The van der Waals surface area contributed by atoms with Crippen LogP contribution < -0.4 is 5.32 Å². The van der Waals surface area contributed by atoms with Gasteiger partial charge in [-0.25, -0.2) is 9.37 Å². The Morgan fingerprint density at radius 2 is 1.96 bits per heavy atom. The van der Waals surface area contributed by atoms with Gasteiger partial charge in [-0.1, -0.05) is 11.6 Å². The number of imidazole rings is 1. The summed E-state index contributed by atoms with van der Waals surface area (Å²) in [5.74, 6) is 1.26. The number of hydrogen-bond donors (Lipinski definition) is 1. The molecule has 4 rings (SSSR count). The molecule has 2 saturated heterocycles. The zero-order valence-corrected chi connectivity index (χ0v) is 16.3. The van der Waals surface area contributed by atoms with Crippen molar-refractivity contribution in [3.8, 4) is 11.3 Å². The fraction of sp³-hybridized carbons (Fsp3) is 0.526. The van der Waals surface area contributed by atoms with Crippen molar-refractivity contribution < 1.29 is 4.39 Å². The Bertz CT molecular complexity index is 739. The topological polar surface area (TPSA) is 33.1 Å². The summed E-state index contributed by atoms with van der Waals surface area (Å²) in [5.41, 5.74) is 1.77. The molecule has 1 N–H and O–H groups in total. The van der Waals surface area contributed by atoms with E-state index in [1.54, 1.807) is 12.1 Å². The van der Waals surface area contributed by atoms with Gasteiger partial charge in [0, 0.05) is 30.8 Å². The van der Waals surface area contributed by atoms with E-state index in [2.05, 4.69) is 21.0 Å². The van der Waals surface area contributed by atoms with Crippen LogP contribution in [0.1, 0.15) is 31.0 Å². The maximum atomic E-state index is 13.5. The summed E-state index contributed by atoms with van der Waals surface area (Å²) in [6, 6.07) is 4.85. The molecule has 2 fully saturated rings. The quantitative estimate of drug-likeness (QED) is 0.827. The Labute approximate surface area is 165 Å². The second-order valence-corrected chi connectivity index (χ2v) is 7.43. The van der Waals surface area contributed by atoms with Gasteiger partial charge in [0.25, 0.3) is 0 Å². The summed E-state index contributed by atoms with van der Waals surface area (Å²) in [5, 5.41) is 3.57. The normalized spacial score (nSPS) is 18.4. The van der Waals surface area contributed by atoms with Gasteiger partial charge < -0.3 is 14.8 Å². The third kappa shape index (κ3) is 4.22. The minimum absolute atomic E-state index is 0. The molecule has 1 aromatic heterocycles. The molecular formula is C19H25Cl2FN4. The molecule has 0 radical (unpaired) electrons. The van der Waals surface area contributed by atoms with E-state index in [0.717, 1.165) is 56.1 Å². The molecule has 26 heavy (non-hydrogen) atoms. The lowest BCUT2D eigenvalue weighted by Gasteiger charge is -2.31. The number of hydrogen-bond acceptors (Lipinski definition) is 3. The van der Waals surface area contributed by atoms with Gasteiger partial charge in [0.15, 0.2) is 0 Å². The Morgan fingerprint density at radius 1 is 1.19 bits per heavy atom. The van der Waals surface area contributed by atoms with Gasteiger partial charge >= 0.3 is 0 Å². The highest BCUT2D eigenvalue weighted by atomic mass is 35.5. The highest BCUT2D eigenvalue weighted by molar-refractivity contribution is 6.31. The fourth-order valence-corrected chi connectivity index (χ4v) is 3.84. The van der Waals surface area contributed by atoms with Crippen molar-refractivity contribution in [1.29, 1.82) is 0 Å². The number of nitrogens with one attached hydrogen (secondary N) is 1. The van der Waals surface area contributed by atoms with E-state index in [4.69, 9.17) is 16.6 Å². The van der Waals surface area contributed by atoms with Crippen LogP contribution in [0.4, 0.5) is 4.39 Å². The number of piperidine rings is 1. The van der Waals surface area contributed by atoms with Crippen LogP contribution in [-0.4, -0.2) is 47.2 Å². The van der Waals surface area contributed by atoms with Gasteiger partial charge in [0.05, 0.1) is 10.7 Å². The van der Waals surface area contributed by atoms with Crippen LogP contribution in [0.3, 0.4) is 0 Å². The number of halogens is 3. The molecule has 0 atom stereocenters. The Morgan fingerprint density at radius 3 is 2.62 bits per heavy atom. The number of nitrogens with zero attached hydrogens (tertiary/aromatic N) is 3. The second kappa shape index (κ2) is 8.70. The van der Waals surface area contributed by atoms with Gasteiger partial charge in [0.2, 0.25) is 0 Å². The smallest absolute Gasteiger partial charge is 0.141 e. The highest BCUT2D eigenvalue weighted by Gasteiger charge is 2.23. The van der Waals surface area contributed by atoms with Crippen LogP contribution in [0.5, 0.6) is 0 Å². The molecule has 7 heteroatoms. The molecule has 0 unspecified atom stereocenters. The van der Waals surface area contributed by atoms with E-state index in [1.165, 1.54) is 25.6 Å². The first-order chi connectivity index (χ1) is 12.2. The van der Waals surface area contributed by atoms with E-state index in [-0.39, 0.29) is 23.2 Å². The summed E-state index contributed by atoms with van der Waals surface area (Å²) < 4.78 is 15.8. The van der Waals surface area contributed by atoms with Crippen molar-refractivity contribution in [3.63, 3.8) is 0 Å². The molecule has 0 spiro atoms. The molecule has 0 saturated carbocycles. The highest BCUT2D eigenvalue weighted by Crippen LogP contribution is 2.30. The zero-order valence-electron chi connectivity index (χ0n) is 14.8. The van der Waals surface area contributed by atoms with Gasteiger partial charge in [0.1, 0.15) is 11.6 Å². The first-order valence-electron chi connectivity index (χ1n) is 9.16. The van der Waals surface area contributed by atoms with Crippen LogP contribution in [0.25, 0.3) is 11.3 Å². The van der Waals surface area contributed by atoms with E-state index >= 15 is 0 Å². The van der Waals surface area contributed by atoms with E-state index < -0.39 is 0 Å². The standard InChI is InChI=1S/C19H24ClFN4.ClH/c20-16-12-15(2-3-17(16)21)18-13-25(11-10-24-8-1-9-24)19(23-18)14-4-6-22-7-5-14;/h2-3,12-14,22H,1,4-11H2;1H. The molecule has 2 aromatic rings. The minimum atomic E-state index is -0.388. The molecular weight excluding hydrogens is 374 g/mol. The summed E-state index contributed by atoms with van der Waals surface area (Å²) >= 11 is 5.96. The maximum Gasteiger partial charge on any atom is 0.141 e. The third-order valence-electron chi connectivity index (χ3n) is 5.33. The average Bonchev–Trinajstić information content (AvgIpc) is 3.01. The third-order valence-corrected chi connectivity index (χ3v) is 5.62. The molecule has 2 aliphatic heterocycles. The maximum absolute atomic E-state index is 13.5. The van der Waals surface area contributed by atoms with Crippen molar-refractivity contribution in [1.82, 2.24) is 19.8 Å². The minimum Gasteiger partial charge on any atom is -0.333 e. The van der Waals surface area contributed by atoms with Crippen LogP contribution in [0, 0.1) is 5.82 Å². The van der Waals surface area contributed by atoms with Crippen LogP contribution in [0.15, 0.2) is 24.4 Å². The molecule has 142 valence electrons. The largest absolute Gasteiger partial charge is 0.333 e. The first-order valence-corrected chi connectivity index (χ1v) is 9.54. The summed E-state index contributed by atoms with van der Waals surface area (Å²) in [7, 11) is 0. The number of likely N-dealkylation sites (tertiary alicyclic amines) is 1. The van der Waals surface area contributed by atoms with Crippen LogP contribution in [-0.2, 0) is 6.54 Å². The van der Waals surface area contributed by atoms with E-state index in [9.17, 15) is 4.39 Å². The van der Waals surface area contributed by atoms with Gasteiger partial charge in [-0.2, -0.15) is 0 Å². The first kappa shape index (κ1) is 19.6. The van der Waals surface area contributed by atoms with Crippen molar-refractivity contribution >= 4 is 24.0 Å². The van der Waals surface area contributed by atoms with Gasteiger partial charge in [-0.05, 0) is 63.6 Å². The molecule has 0 bridgehead atoms. The van der Waals surface area contributed by atoms with Crippen LogP contribution >= 0.6 is 24.0 Å². The SMILES string of the molecule is Cl.Fc1ccc(-c2cn(CCN3CCC3)c(C3CCNCC3)n2)cc1Cl. The Hall–Kier alpha value is -1.14. The van der Waals surface area contributed by atoms with Crippen molar-refractivity contribution in [2.45, 2.75) is 31.7 Å². The number of rotatable bonds is 5. The molecule has 1 aromatic carbocycles. The Kier molecular flexibility index (Phi) is 6.56. The lowest BCUT2D eigenvalue weighted by atomic mass is 9.97. The molecule has 3 heterocycles. The van der Waals surface area contributed by atoms with E-state index in [1.807, 2.05) is 0 Å². The zero-order chi connectivity index (χ0) is 17.2. The summed E-state index contributed by atoms with van der Waals surface area (Å²) in [6.07, 6.45) is 5.65. The lowest BCUT2D eigenvalue weighted by Crippen LogP contribution is -2.39. The monoisotopic (exact) mass is 398 g/mol. The Balaban J connectivity index is 0.00000196. The average molecular weight is 399 g/mol. The molecule has 0 amide bonds. The van der Waals surface area contributed by atoms with E-state index in [0.29, 0.717) is 5.92 Å². The van der Waals surface area contributed by atoms with Crippen LogP contribution in [0.2, 0.25) is 5.02 Å². The molecule has 2 aliphatic rings. The fourth-order valence-electron chi connectivity index (χ4n) is 3.66. The van der Waals surface area contributed by atoms with Gasteiger partial charge in [-0.15, -0.1) is 12.4 Å². The van der Waals surface area contributed by atoms with Crippen molar-refractivity contribution in [3.05, 3.63) is 41.1 Å². The number of benzene rings is 1. The second-order valence-electron chi connectivity index (χ2n) is 7.03. The summed E-state index contributed by atoms with van der Waals surface area (Å²) in [4.78, 5) is 7.41. The summed E-state index contributed by atoms with van der Waals surface area (Å²) in [6.45, 7) is 6.53. The molecule has 0 aliphatic carbocycles. The molecule has 4 nitrogen and oxygen atoms in total. The van der Waals surface area contributed by atoms with Crippen molar-refractivity contribution in [2.75, 3.05) is 32.7 Å². The number of aromatic nitrogens is 2. The predicted molar refractivity (Wildman–Crippen MR) is 106 cm³/mol.